The van der Waals surface area contributed by atoms with Crippen molar-refractivity contribution in [3.8, 4) is 5.75 Å². The van der Waals surface area contributed by atoms with Crippen molar-refractivity contribution in [1.29, 1.82) is 0 Å². The number of esters is 1. The molecule has 5 nitrogen and oxygen atoms in total. The van der Waals surface area contributed by atoms with Crippen LogP contribution in [0.25, 0.3) is 0 Å². The molecule has 26 heavy (non-hydrogen) atoms. The topological polar surface area (TPSA) is 55.8 Å². The lowest BCUT2D eigenvalue weighted by molar-refractivity contribution is -0.143. The van der Waals surface area contributed by atoms with Crippen molar-refractivity contribution in [1.82, 2.24) is 4.90 Å². The van der Waals surface area contributed by atoms with E-state index >= 15 is 0 Å². The predicted octanol–water partition coefficient (Wildman–Crippen LogP) is 3.30. The van der Waals surface area contributed by atoms with E-state index in [1.54, 1.807) is 11.0 Å². The Hall–Kier alpha value is -2.11. The number of halogens is 1. The zero-order valence-electron chi connectivity index (χ0n) is 16.0. The minimum atomic E-state index is -0.372. The predicted molar refractivity (Wildman–Crippen MR) is 96.5 cm³/mol. The van der Waals surface area contributed by atoms with Gasteiger partial charge in [-0.05, 0) is 30.0 Å². The quantitative estimate of drug-likeness (QED) is 0.726. The highest BCUT2D eigenvalue weighted by molar-refractivity contribution is 5.81. The van der Waals surface area contributed by atoms with Gasteiger partial charge in [-0.1, -0.05) is 20.8 Å². The Labute approximate surface area is 154 Å². The van der Waals surface area contributed by atoms with Crippen LogP contribution >= 0.6 is 0 Å². The lowest BCUT2D eigenvalue weighted by atomic mass is 9.86. The first-order chi connectivity index (χ1) is 12.2. The maximum atomic E-state index is 13.6. The van der Waals surface area contributed by atoms with Gasteiger partial charge in [0.25, 0.3) is 0 Å². The van der Waals surface area contributed by atoms with Crippen LogP contribution in [-0.4, -0.2) is 43.6 Å². The van der Waals surface area contributed by atoms with Crippen molar-refractivity contribution in [3.05, 3.63) is 29.6 Å². The van der Waals surface area contributed by atoms with E-state index in [1.807, 2.05) is 20.8 Å². The van der Waals surface area contributed by atoms with E-state index < -0.39 is 0 Å². The summed E-state index contributed by atoms with van der Waals surface area (Å²) in [6, 6.07) is 4.60. The fraction of sp³-hybridized carbons (Fsp3) is 0.600. The molecule has 0 spiro atoms. The molecule has 1 aliphatic heterocycles. The molecule has 1 fully saturated rings. The Bertz CT molecular complexity index is 654. The van der Waals surface area contributed by atoms with Gasteiger partial charge < -0.3 is 14.4 Å². The van der Waals surface area contributed by atoms with Crippen molar-refractivity contribution in [2.24, 2.45) is 5.92 Å². The van der Waals surface area contributed by atoms with Gasteiger partial charge in [-0.3, -0.25) is 9.59 Å². The zero-order chi connectivity index (χ0) is 19.3. The smallest absolute Gasteiger partial charge is 0.306 e. The molecule has 2 rings (SSSR count). The molecular weight excluding hydrogens is 337 g/mol. The van der Waals surface area contributed by atoms with Gasteiger partial charge in [-0.25, -0.2) is 4.39 Å². The number of hydrogen-bond acceptors (Lipinski definition) is 4. The highest BCUT2D eigenvalue weighted by atomic mass is 19.1. The molecular formula is C20H28FNO4. The van der Waals surface area contributed by atoms with Crippen molar-refractivity contribution in [2.45, 2.75) is 45.4 Å². The monoisotopic (exact) mass is 365 g/mol. The second-order valence-electron chi connectivity index (χ2n) is 7.77. The van der Waals surface area contributed by atoms with Gasteiger partial charge in [-0.2, -0.15) is 0 Å². The van der Waals surface area contributed by atoms with Gasteiger partial charge in [0.05, 0.1) is 20.1 Å². The highest BCUT2D eigenvalue weighted by Gasteiger charge is 2.27. The van der Waals surface area contributed by atoms with Crippen molar-refractivity contribution < 1.29 is 23.5 Å². The lowest BCUT2D eigenvalue weighted by Gasteiger charge is -2.24. The molecule has 1 saturated heterocycles. The number of rotatable bonds is 6. The van der Waals surface area contributed by atoms with Gasteiger partial charge in [0.2, 0.25) is 5.91 Å². The fourth-order valence-electron chi connectivity index (χ4n) is 3.09. The molecule has 0 N–H and O–H groups in total. The number of likely N-dealkylation sites (tertiary alicyclic amines) is 1. The summed E-state index contributed by atoms with van der Waals surface area (Å²) in [5.41, 5.74) is 0.615. The number of amides is 1. The number of ether oxygens (including phenoxy) is 2. The van der Waals surface area contributed by atoms with Gasteiger partial charge in [0, 0.05) is 31.0 Å². The first-order valence-electron chi connectivity index (χ1n) is 8.98. The van der Waals surface area contributed by atoms with Crippen LogP contribution in [-0.2, 0) is 19.7 Å². The molecule has 1 aromatic carbocycles. The van der Waals surface area contributed by atoms with E-state index in [0.717, 1.165) is 12.0 Å². The average molecular weight is 365 g/mol. The Morgan fingerprint density at radius 1 is 1.27 bits per heavy atom. The number of carbonyl (C=O) groups is 2. The molecule has 1 unspecified atom stereocenters. The SMILES string of the molecule is COC(=O)CCC(=O)N1CCC(COc2ccc(F)cc2C(C)(C)C)C1. The van der Waals surface area contributed by atoms with Gasteiger partial charge in [0.15, 0.2) is 0 Å². The normalized spacial score (nSPS) is 17.3. The van der Waals surface area contributed by atoms with Crippen LogP contribution in [0.5, 0.6) is 5.75 Å². The van der Waals surface area contributed by atoms with Gasteiger partial charge in [-0.15, -0.1) is 0 Å². The minimum Gasteiger partial charge on any atom is -0.493 e. The number of benzene rings is 1. The molecule has 0 radical (unpaired) electrons. The molecule has 1 aliphatic rings. The molecule has 6 heteroatoms. The van der Waals surface area contributed by atoms with Crippen LogP contribution in [0.1, 0.15) is 45.6 Å². The average Bonchev–Trinajstić information content (AvgIpc) is 3.06. The maximum absolute atomic E-state index is 13.6. The largest absolute Gasteiger partial charge is 0.493 e. The zero-order valence-corrected chi connectivity index (χ0v) is 16.0. The molecule has 144 valence electrons. The first-order valence-corrected chi connectivity index (χ1v) is 8.98. The molecule has 0 aromatic heterocycles. The Morgan fingerprint density at radius 2 is 2.00 bits per heavy atom. The number of hydrogen-bond donors (Lipinski definition) is 0. The van der Waals surface area contributed by atoms with Crippen LogP contribution in [0.15, 0.2) is 18.2 Å². The summed E-state index contributed by atoms with van der Waals surface area (Å²) in [6.07, 6.45) is 1.14. The summed E-state index contributed by atoms with van der Waals surface area (Å²) in [5, 5.41) is 0. The fourth-order valence-corrected chi connectivity index (χ4v) is 3.09. The molecule has 0 aliphatic carbocycles. The summed E-state index contributed by atoms with van der Waals surface area (Å²) in [6.45, 7) is 7.83. The number of carbonyl (C=O) groups excluding carboxylic acids is 2. The van der Waals surface area contributed by atoms with Crippen LogP contribution < -0.4 is 4.74 Å². The highest BCUT2D eigenvalue weighted by Crippen LogP contribution is 2.32. The standard InChI is InChI=1S/C20H28FNO4/c1-20(2,3)16-11-15(21)5-6-17(16)26-13-14-9-10-22(12-14)18(23)7-8-19(24)25-4/h5-6,11,14H,7-10,12-13H2,1-4H3. The molecule has 0 saturated carbocycles. The minimum absolute atomic E-state index is 0.0323. The molecule has 1 aromatic rings. The van der Waals surface area contributed by atoms with E-state index in [4.69, 9.17) is 4.74 Å². The van der Waals surface area contributed by atoms with Gasteiger partial charge >= 0.3 is 5.97 Å². The number of nitrogens with zero attached hydrogens (tertiary/aromatic N) is 1. The van der Waals surface area contributed by atoms with Crippen LogP contribution in [0, 0.1) is 11.7 Å². The second-order valence-corrected chi connectivity index (χ2v) is 7.77. The van der Waals surface area contributed by atoms with Crippen LogP contribution in [0.2, 0.25) is 0 Å². The Kier molecular flexibility index (Phi) is 6.62. The number of methoxy groups -OCH3 is 1. The van der Waals surface area contributed by atoms with Crippen molar-refractivity contribution in [3.63, 3.8) is 0 Å². The third-order valence-corrected chi connectivity index (χ3v) is 4.63. The third-order valence-electron chi connectivity index (χ3n) is 4.63. The van der Waals surface area contributed by atoms with E-state index in [9.17, 15) is 14.0 Å². The first kappa shape index (κ1) is 20.2. The van der Waals surface area contributed by atoms with E-state index in [-0.39, 0.29) is 41.9 Å². The van der Waals surface area contributed by atoms with E-state index in [1.165, 1.54) is 19.2 Å². The third kappa shape index (κ3) is 5.44. The maximum Gasteiger partial charge on any atom is 0.306 e. The van der Waals surface area contributed by atoms with Gasteiger partial charge in [0.1, 0.15) is 11.6 Å². The summed E-state index contributed by atoms with van der Waals surface area (Å²) >= 11 is 0. The molecule has 1 heterocycles. The summed E-state index contributed by atoms with van der Waals surface area (Å²) in [4.78, 5) is 25.1. The lowest BCUT2D eigenvalue weighted by Crippen LogP contribution is -2.30. The van der Waals surface area contributed by atoms with E-state index in [2.05, 4.69) is 4.74 Å². The van der Waals surface area contributed by atoms with Crippen molar-refractivity contribution in [2.75, 3.05) is 26.8 Å². The second kappa shape index (κ2) is 8.52. The Morgan fingerprint density at radius 3 is 2.65 bits per heavy atom. The molecule has 1 atom stereocenters. The Balaban J connectivity index is 1.88. The molecule has 0 bridgehead atoms. The van der Waals surface area contributed by atoms with Crippen molar-refractivity contribution >= 4 is 11.9 Å². The van der Waals surface area contributed by atoms with E-state index in [0.29, 0.717) is 25.4 Å². The van der Waals surface area contributed by atoms with Crippen LogP contribution in [0.3, 0.4) is 0 Å². The summed E-state index contributed by atoms with van der Waals surface area (Å²) in [7, 11) is 1.32. The summed E-state index contributed by atoms with van der Waals surface area (Å²) < 4.78 is 24.1. The molecule has 1 amide bonds. The van der Waals surface area contributed by atoms with Crippen LogP contribution in [0.4, 0.5) is 4.39 Å². The summed E-state index contributed by atoms with van der Waals surface area (Å²) in [5.74, 6) is 0.244.